The van der Waals surface area contributed by atoms with Gasteiger partial charge in [-0.25, -0.2) is 14.4 Å². The van der Waals surface area contributed by atoms with Crippen LogP contribution in [-0.4, -0.2) is 31.3 Å². The first-order valence-electron chi connectivity index (χ1n) is 10.7. The van der Waals surface area contributed by atoms with Gasteiger partial charge in [-0.15, -0.1) is 0 Å². The average molecular weight is 437 g/mol. The maximum Gasteiger partial charge on any atom is 0.354 e. The zero-order valence-corrected chi connectivity index (χ0v) is 18.5. The second kappa shape index (κ2) is 9.68. The molecule has 2 aromatic carbocycles. The van der Waals surface area contributed by atoms with Gasteiger partial charge < -0.3 is 10.2 Å². The lowest BCUT2D eigenvalue weighted by molar-refractivity contribution is 0.0676. The number of benzene rings is 2. The van der Waals surface area contributed by atoms with Gasteiger partial charge in [0.15, 0.2) is 5.69 Å². The molecule has 3 aromatic rings. The fraction of sp³-hybridized carbons (Fsp3) is 0.320. The van der Waals surface area contributed by atoms with Crippen molar-refractivity contribution >= 4 is 11.9 Å². The number of carboxylic acid groups (broad SMARTS) is 2. The van der Waals surface area contributed by atoms with Crippen LogP contribution in [0.1, 0.15) is 59.3 Å². The molecular weight excluding hydrogens is 408 g/mol. The van der Waals surface area contributed by atoms with Crippen LogP contribution in [0.3, 0.4) is 0 Å². The van der Waals surface area contributed by atoms with Crippen molar-refractivity contribution in [1.82, 2.24) is 9.13 Å². The van der Waals surface area contributed by atoms with Crippen molar-refractivity contribution in [2.24, 2.45) is 5.92 Å². The van der Waals surface area contributed by atoms with Gasteiger partial charge in [0, 0.05) is 6.54 Å². The fourth-order valence-corrected chi connectivity index (χ4v) is 3.96. The molecule has 0 unspecified atom stereocenters. The number of nitrogens with zero attached hydrogens (tertiary/aromatic N) is 2. The lowest BCUT2D eigenvalue weighted by Gasteiger charge is -2.10. The summed E-state index contributed by atoms with van der Waals surface area (Å²) < 4.78 is 2.92. The Kier molecular flexibility index (Phi) is 6.98. The Bertz CT molecular complexity index is 1190. The first kappa shape index (κ1) is 23.1. The minimum Gasteiger partial charge on any atom is -0.478 e. The first-order chi connectivity index (χ1) is 15.2. The first-order valence-corrected chi connectivity index (χ1v) is 10.7. The summed E-state index contributed by atoms with van der Waals surface area (Å²) in [5.41, 5.74) is 2.71. The molecule has 0 spiro atoms. The number of aromatic nitrogens is 2. The molecule has 1 heterocycles. The molecule has 0 aliphatic rings. The van der Waals surface area contributed by atoms with E-state index in [1.165, 1.54) is 4.57 Å². The van der Waals surface area contributed by atoms with Crippen LogP contribution in [0, 0.1) is 5.92 Å². The molecule has 0 radical (unpaired) electrons. The van der Waals surface area contributed by atoms with Crippen molar-refractivity contribution in [3.63, 3.8) is 0 Å². The van der Waals surface area contributed by atoms with Crippen LogP contribution in [0.4, 0.5) is 0 Å². The molecule has 2 N–H and O–H groups in total. The van der Waals surface area contributed by atoms with E-state index < -0.39 is 11.9 Å². The number of aromatic carboxylic acids is 2. The number of imidazole rings is 1. The topological polar surface area (TPSA) is 102 Å². The summed E-state index contributed by atoms with van der Waals surface area (Å²) in [7, 11) is 0. The number of hydrogen-bond acceptors (Lipinski definition) is 3. The fourth-order valence-electron chi connectivity index (χ4n) is 3.96. The summed E-state index contributed by atoms with van der Waals surface area (Å²) in [6.45, 7) is 6.44. The van der Waals surface area contributed by atoms with Gasteiger partial charge in [-0.05, 0) is 35.1 Å². The Morgan fingerprint density at radius 3 is 2.16 bits per heavy atom. The molecule has 0 fully saturated rings. The van der Waals surface area contributed by atoms with Gasteiger partial charge in [0.1, 0.15) is 0 Å². The van der Waals surface area contributed by atoms with Crippen LogP contribution in [0.25, 0.3) is 11.1 Å². The molecule has 0 aliphatic carbocycles. The third kappa shape index (κ3) is 4.66. The zero-order valence-electron chi connectivity index (χ0n) is 18.5. The minimum atomic E-state index is -1.09. The zero-order chi connectivity index (χ0) is 23.4. The molecule has 7 nitrogen and oxygen atoms in total. The molecule has 0 bridgehead atoms. The van der Waals surface area contributed by atoms with Crippen LogP contribution < -0.4 is 5.69 Å². The molecule has 1 aromatic heterocycles. The van der Waals surface area contributed by atoms with E-state index in [0.29, 0.717) is 24.2 Å². The summed E-state index contributed by atoms with van der Waals surface area (Å²) in [6, 6.07) is 14.1. The van der Waals surface area contributed by atoms with Crippen LogP contribution in [-0.2, 0) is 19.5 Å². The highest BCUT2D eigenvalue weighted by atomic mass is 16.4. The minimum absolute atomic E-state index is 0.0672. The number of hydrogen-bond donors (Lipinski definition) is 2. The van der Waals surface area contributed by atoms with Crippen LogP contribution in [0.2, 0.25) is 0 Å². The molecule has 0 saturated carbocycles. The smallest absolute Gasteiger partial charge is 0.354 e. The van der Waals surface area contributed by atoms with Crippen molar-refractivity contribution in [3.8, 4) is 11.1 Å². The van der Waals surface area contributed by atoms with Crippen LogP contribution in [0.5, 0.6) is 0 Å². The third-order valence-corrected chi connectivity index (χ3v) is 5.33. The van der Waals surface area contributed by atoms with Gasteiger partial charge in [0.05, 0.1) is 17.8 Å². The quantitative estimate of drug-likeness (QED) is 0.519. The molecule has 0 amide bonds. The summed E-state index contributed by atoms with van der Waals surface area (Å²) in [5, 5.41) is 19.2. The van der Waals surface area contributed by atoms with Gasteiger partial charge in [-0.2, -0.15) is 0 Å². The second-order valence-electron chi connectivity index (χ2n) is 8.27. The number of rotatable bonds is 9. The van der Waals surface area contributed by atoms with E-state index >= 15 is 0 Å². The maximum absolute atomic E-state index is 13.1. The van der Waals surface area contributed by atoms with Gasteiger partial charge >= 0.3 is 17.6 Å². The lowest BCUT2D eigenvalue weighted by atomic mass is 9.99. The SMILES string of the molecule is CCCc1c(C(=O)O)n(CC(C)C)c(=O)n1Cc1ccc(-c2ccccc2C(=O)O)cc1. The Morgan fingerprint density at radius 1 is 0.938 bits per heavy atom. The molecular formula is C25H28N2O5. The van der Waals surface area contributed by atoms with Gasteiger partial charge in [-0.3, -0.25) is 9.13 Å². The van der Waals surface area contributed by atoms with Crippen LogP contribution >= 0.6 is 0 Å². The Balaban J connectivity index is 2.01. The molecule has 7 heteroatoms. The van der Waals surface area contributed by atoms with Gasteiger partial charge in [-0.1, -0.05) is 69.7 Å². The molecule has 0 aliphatic heterocycles. The van der Waals surface area contributed by atoms with Crippen molar-refractivity contribution in [1.29, 1.82) is 0 Å². The third-order valence-electron chi connectivity index (χ3n) is 5.33. The van der Waals surface area contributed by atoms with Gasteiger partial charge in [0.25, 0.3) is 0 Å². The van der Waals surface area contributed by atoms with Crippen molar-refractivity contribution in [2.45, 2.75) is 46.7 Å². The standard InChI is InChI=1S/C25H28N2O5/c1-4-7-21-22(24(30)31)27(14-16(2)3)25(32)26(21)15-17-10-12-18(13-11-17)19-8-5-6-9-20(19)23(28)29/h5-6,8-13,16H,4,7,14-15H2,1-3H3,(H,28,29)(H,30,31). The Hall–Kier alpha value is -3.61. The predicted octanol–water partition coefficient (Wildman–Crippen LogP) is 4.37. The molecule has 3 rings (SSSR count). The predicted molar refractivity (Wildman–Crippen MR) is 122 cm³/mol. The van der Waals surface area contributed by atoms with E-state index in [-0.39, 0.29) is 29.4 Å². The molecule has 32 heavy (non-hydrogen) atoms. The van der Waals surface area contributed by atoms with E-state index in [4.69, 9.17) is 0 Å². The highest BCUT2D eigenvalue weighted by Gasteiger charge is 2.24. The maximum atomic E-state index is 13.1. The number of carbonyl (C=O) groups is 2. The summed E-state index contributed by atoms with van der Waals surface area (Å²) in [4.78, 5) is 36.6. The normalized spacial score (nSPS) is 11.1. The average Bonchev–Trinajstić information content (AvgIpc) is 2.99. The highest BCUT2D eigenvalue weighted by molar-refractivity contribution is 5.96. The van der Waals surface area contributed by atoms with E-state index in [2.05, 4.69) is 0 Å². The molecule has 0 atom stereocenters. The molecule has 0 saturated heterocycles. The van der Waals surface area contributed by atoms with E-state index in [9.17, 15) is 24.6 Å². The van der Waals surface area contributed by atoms with E-state index in [0.717, 1.165) is 17.5 Å². The second-order valence-corrected chi connectivity index (χ2v) is 8.27. The lowest BCUT2D eigenvalue weighted by Crippen LogP contribution is -2.28. The van der Waals surface area contributed by atoms with E-state index in [1.807, 2.05) is 45.0 Å². The molecule has 168 valence electrons. The van der Waals surface area contributed by atoms with Crippen LogP contribution in [0.15, 0.2) is 53.3 Å². The van der Waals surface area contributed by atoms with Crippen molar-refractivity contribution in [2.75, 3.05) is 0 Å². The van der Waals surface area contributed by atoms with Crippen molar-refractivity contribution in [3.05, 3.63) is 81.5 Å². The monoisotopic (exact) mass is 436 g/mol. The van der Waals surface area contributed by atoms with Gasteiger partial charge in [0.2, 0.25) is 0 Å². The summed E-state index contributed by atoms with van der Waals surface area (Å²) >= 11 is 0. The summed E-state index contributed by atoms with van der Waals surface area (Å²) in [6.07, 6.45) is 1.21. The highest BCUT2D eigenvalue weighted by Crippen LogP contribution is 2.24. The van der Waals surface area contributed by atoms with Crippen molar-refractivity contribution < 1.29 is 19.8 Å². The largest absolute Gasteiger partial charge is 0.478 e. The van der Waals surface area contributed by atoms with E-state index in [1.54, 1.807) is 28.8 Å². The Labute approximate surface area is 186 Å². The Morgan fingerprint density at radius 2 is 1.59 bits per heavy atom. The summed E-state index contributed by atoms with van der Waals surface area (Å²) in [5.74, 6) is -1.96. The number of carboxylic acids is 2.